The molecule has 1 aliphatic rings. The van der Waals surface area contributed by atoms with Gasteiger partial charge in [-0.1, -0.05) is 35.9 Å². The molecule has 4 aromatic rings. The number of nitrogens with one attached hydrogen (secondary N) is 1. The van der Waals surface area contributed by atoms with Crippen molar-refractivity contribution in [2.24, 2.45) is 0 Å². The summed E-state index contributed by atoms with van der Waals surface area (Å²) >= 11 is 7.69. The van der Waals surface area contributed by atoms with E-state index in [1.54, 1.807) is 29.5 Å². The molecule has 6 nitrogen and oxygen atoms in total. The molecule has 0 saturated heterocycles. The van der Waals surface area contributed by atoms with E-state index >= 15 is 0 Å². The lowest BCUT2D eigenvalue weighted by Crippen LogP contribution is -2.22. The summed E-state index contributed by atoms with van der Waals surface area (Å²) in [6, 6.07) is 16.4. The minimum absolute atomic E-state index is 0.402. The van der Waals surface area contributed by atoms with Gasteiger partial charge in [0.2, 0.25) is 0 Å². The highest BCUT2D eigenvalue weighted by Crippen LogP contribution is 2.38. The van der Waals surface area contributed by atoms with Crippen molar-refractivity contribution in [3.05, 3.63) is 86.7 Å². The monoisotopic (exact) mass is 504 g/mol. The normalized spacial score (nSPS) is 13.6. The second-order valence-electron chi connectivity index (χ2n) is 7.99. The number of rotatable bonds is 6. The Morgan fingerprint density at radius 1 is 1.14 bits per heavy atom. The van der Waals surface area contributed by atoms with Gasteiger partial charge in [0.15, 0.2) is 6.61 Å². The number of fused-ring (bicyclic) bond motifs is 2. The summed E-state index contributed by atoms with van der Waals surface area (Å²) in [6.45, 7) is -0.447. The molecule has 0 bridgehead atoms. The largest absolute Gasteiger partial charge is 0.495 e. The van der Waals surface area contributed by atoms with Crippen molar-refractivity contribution in [1.82, 2.24) is 4.98 Å². The van der Waals surface area contributed by atoms with E-state index in [0.717, 1.165) is 28.1 Å². The van der Waals surface area contributed by atoms with Gasteiger partial charge in [0.05, 0.1) is 29.6 Å². The molecule has 0 saturated carbocycles. The van der Waals surface area contributed by atoms with Gasteiger partial charge in [-0.05, 0) is 65.8 Å². The number of carbonyl (C=O) groups is 2. The summed E-state index contributed by atoms with van der Waals surface area (Å²) in [5, 5.41) is 5.88. The number of ether oxygens (including phenoxy) is 2. The number of para-hydroxylation sites is 1. The SMILES string of the molecule is COc1ccc(Cl)cc1NC(=O)COC(=O)c1c2c(nc3ccccc13)C(=Cc1cccs1)CC2. The molecule has 0 unspecified atom stereocenters. The van der Waals surface area contributed by atoms with Crippen LogP contribution in [0.1, 0.15) is 32.9 Å². The van der Waals surface area contributed by atoms with Crippen molar-refractivity contribution < 1.29 is 19.1 Å². The molecule has 0 spiro atoms. The van der Waals surface area contributed by atoms with E-state index in [0.29, 0.717) is 39.3 Å². The number of halogens is 1. The number of hydrogen-bond acceptors (Lipinski definition) is 6. The molecule has 0 atom stereocenters. The van der Waals surface area contributed by atoms with Crippen molar-refractivity contribution in [2.75, 3.05) is 19.0 Å². The van der Waals surface area contributed by atoms with Gasteiger partial charge >= 0.3 is 5.97 Å². The molecule has 2 aromatic heterocycles. The Morgan fingerprint density at radius 3 is 2.80 bits per heavy atom. The van der Waals surface area contributed by atoms with Gasteiger partial charge in [0.1, 0.15) is 5.75 Å². The second-order valence-corrected chi connectivity index (χ2v) is 9.40. The van der Waals surface area contributed by atoms with E-state index in [1.165, 1.54) is 7.11 Å². The first kappa shape index (κ1) is 23.1. The maximum atomic E-state index is 13.3. The Labute approximate surface area is 211 Å². The van der Waals surface area contributed by atoms with Crippen LogP contribution < -0.4 is 10.1 Å². The van der Waals surface area contributed by atoms with E-state index in [-0.39, 0.29) is 0 Å². The van der Waals surface area contributed by atoms with Gasteiger partial charge in [0.25, 0.3) is 5.91 Å². The highest BCUT2D eigenvalue weighted by atomic mass is 35.5. The summed E-state index contributed by atoms with van der Waals surface area (Å²) in [6.07, 6.45) is 3.59. The van der Waals surface area contributed by atoms with E-state index in [9.17, 15) is 9.59 Å². The van der Waals surface area contributed by atoms with Crippen molar-refractivity contribution in [2.45, 2.75) is 12.8 Å². The van der Waals surface area contributed by atoms with Gasteiger partial charge in [-0.2, -0.15) is 0 Å². The molecule has 1 N–H and O–H groups in total. The molecule has 5 rings (SSSR count). The Balaban J connectivity index is 1.41. The van der Waals surface area contributed by atoms with Crippen LogP contribution in [0.3, 0.4) is 0 Å². The van der Waals surface area contributed by atoms with E-state index in [2.05, 4.69) is 17.5 Å². The first-order valence-corrected chi connectivity index (χ1v) is 12.3. The molecule has 1 amide bonds. The first-order chi connectivity index (χ1) is 17.0. The molecule has 1 aliphatic carbocycles. The van der Waals surface area contributed by atoms with Crippen LogP contribution in [-0.4, -0.2) is 30.6 Å². The minimum atomic E-state index is -0.551. The van der Waals surface area contributed by atoms with Crippen LogP contribution in [0, 0.1) is 0 Å². The smallest absolute Gasteiger partial charge is 0.339 e. The second kappa shape index (κ2) is 9.90. The van der Waals surface area contributed by atoms with Gasteiger partial charge in [-0.25, -0.2) is 9.78 Å². The highest BCUT2D eigenvalue weighted by molar-refractivity contribution is 7.10. The van der Waals surface area contributed by atoms with Crippen LogP contribution in [0.2, 0.25) is 5.02 Å². The number of esters is 1. The number of methoxy groups -OCH3 is 1. The quantitative estimate of drug-likeness (QED) is 0.314. The lowest BCUT2D eigenvalue weighted by Gasteiger charge is -2.13. The molecule has 0 aliphatic heterocycles. The average molecular weight is 505 g/mol. The molecule has 0 fully saturated rings. The Hall–Kier alpha value is -3.68. The number of pyridine rings is 1. The summed E-state index contributed by atoms with van der Waals surface area (Å²) in [5.41, 5.74) is 4.34. The maximum Gasteiger partial charge on any atom is 0.339 e. The molecular weight excluding hydrogens is 484 g/mol. The number of thiophene rings is 1. The molecule has 2 heterocycles. The highest BCUT2D eigenvalue weighted by Gasteiger charge is 2.28. The predicted octanol–water partition coefficient (Wildman–Crippen LogP) is 6.24. The molecule has 2 aromatic carbocycles. The Bertz CT molecular complexity index is 1460. The molecule has 8 heteroatoms. The fourth-order valence-electron chi connectivity index (χ4n) is 4.22. The van der Waals surface area contributed by atoms with Crippen LogP contribution in [-0.2, 0) is 16.0 Å². The number of amides is 1. The predicted molar refractivity (Wildman–Crippen MR) is 139 cm³/mol. The number of nitrogens with zero attached hydrogens (tertiary/aromatic N) is 1. The van der Waals surface area contributed by atoms with Gasteiger partial charge in [0, 0.05) is 15.3 Å². The van der Waals surface area contributed by atoms with Crippen molar-refractivity contribution in [3.8, 4) is 5.75 Å². The summed E-state index contributed by atoms with van der Waals surface area (Å²) < 4.78 is 10.7. The zero-order valence-corrected chi connectivity index (χ0v) is 20.4. The molecule has 176 valence electrons. The zero-order chi connectivity index (χ0) is 24.4. The van der Waals surface area contributed by atoms with Gasteiger partial charge in [-0.3, -0.25) is 4.79 Å². The van der Waals surface area contributed by atoms with E-state index in [4.69, 9.17) is 26.1 Å². The van der Waals surface area contributed by atoms with Crippen LogP contribution >= 0.6 is 22.9 Å². The summed E-state index contributed by atoms with van der Waals surface area (Å²) in [5.74, 6) is -0.588. The van der Waals surface area contributed by atoms with Crippen LogP contribution in [0.4, 0.5) is 5.69 Å². The standard InChI is InChI=1S/C27H21ClN2O4S/c1-33-23-11-9-17(28)14-22(23)29-24(31)15-34-27(32)25-19-6-2-3-7-21(19)30-26-16(8-10-20(25)26)13-18-5-4-12-35-18/h2-7,9,11-14H,8,10,15H2,1H3,(H,29,31). The number of benzene rings is 2. The van der Waals surface area contributed by atoms with Gasteiger partial charge < -0.3 is 14.8 Å². The third-order valence-electron chi connectivity index (χ3n) is 5.78. The number of aromatic nitrogens is 1. The van der Waals surface area contributed by atoms with Crippen LogP contribution in [0.5, 0.6) is 5.75 Å². The van der Waals surface area contributed by atoms with Crippen molar-refractivity contribution in [1.29, 1.82) is 0 Å². The summed E-state index contributed by atoms with van der Waals surface area (Å²) in [7, 11) is 1.50. The summed E-state index contributed by atoms with van der Waals surface area (Å²) in [4.78, 5) is 31.8. The minimum Gasteiger partial charge on any atom is -0.495 e. The van der Waals surface area contributed by atoms with E-state index in [1.807, 2.05) is 35.7 Å². The number of hydrogen-bond donors (Lipinski definition) is 1. The molecule has 35 heavy (non-hydrogen) atoms. The third-order valence-corrected chi connectivity index (χ3v) is 6.83. The lowest BCUT2D eigenvalue weighted by molar-refractivity contribution is -0.119. The van der Waals surface area contributed by atoms with Crippen LogP contribution in [0.15, 0.2) is 60.0 Å². The average Bonchev–Trinajstić information content (AvgIpc) is 3.52. The molecule has 0 radical (unpaired) electrons. The number of anilines is 1. The van der Waals surface area contributed by atoms with Gasteiger partial charge in [-0.15, -0.1) is 11.3 Å². The molecular formula is C27H21ClN2O4S. The number of carbonyl (C=O) groups excluding carboxylic acids is 2. The number of allylic oxidation sites excluding steroid dienone is 1. The maximum absolute atomic E-state index is 13.3. The topological polar surface area (TPSA) is 77.5 Å². The Kier molecular flexibility index (Phi) is 6.53. The Morgan fingerprint density at radius 2 is 2.00 bits per heavy atom. The lowest BCUT2D eigenvalue weighted by atomic mass is 10.0. The van der Waals surface area contributed by atoms with Crippen molar-refractivity contribution in [3.63, 3.8) is 0 Å². The van der Waals surface area contributed by atoms with E-state index < -0.39 is 18.5 Å². The fraction of sp³-hybridized carbons (Fsp3) is 0.148. The fourth-order valence-corrected chi connectivity index (χ4v) is 5.08. The first-order valence-electron chi connectivity index (χ1n) is 11.0. The third kappa shape index (κ3) is 4.78. The van der Waals surface area contributed by atoms with Crippen LogP contribution in [0.25, 0.3) is 22.6 Å². The van der Waals surface area contributed by atoms with Crippen molar-refractivity contribution >= 4 is 63.1 Å². The zero-order valence-electron chi connectivity index (χ0n) is 18.8.